The fourth-order valence-corrected chi connectivity index (χ4v) is 7.30. The fraction of sp³-hybridized carbons (Fsp3) is 0.947. The van der Waals surface area contributed by atoms with E-state index >= 15 is 0 Å². The maximum absolute atomic E-state index is 11.7. The van der Waals surface area contributed by atoms with Crippen LogP contribution in [0, 0.1) is 23.7 Å². The Bertz CT molecular complexity index is 636. The van der Waals surface area contributed by atoms with Crippen LogP contribution in [-0.4, -0.2) is 70.2 Å². The number of fused-ring (bicyclic) bond motifs is 2. The standard InChI is InChI=1S/C19H33N3O3S/c1-25-12-16-4-6-22(11-16)19(20-10-15-5-7-26(23,24)13-15)21-18-9-14-2-3-17(18)8-14/h14-18H,2-13H2,1H3,(H,20,21). The van der Waals surface area contributed by atoms with Crippen LogP contribution in [0.2, 0.25) is 0 Å². The van der Waals surface area contributed by atoms with Crippen molar-refractivity contribution >= 4 is 15.8 Å². The lowest BCUT2D eigenvalue weighted by molar-refractivity contribution is 0.157. The third kappa shape index (κ3) is 4.19. The predicted octanol–water partition coefficient (Wildman–Crippen LogP) is 1.52. The Morgan fingerprint density at radius 1 is 1.19 bits per heavy atom. The number of methoxy groups -OCH3 is 1. The first kappa shape index (κ1) is 18.5. The summed E-state index contributed by atoms with van der Waals surface area (Å²) < 4.78 is 28.8. The van der Waals surface area contributed by atoms with Gasteiger partial charge in [0.2, 0.25) is 0 Å². The molecule has 2 aliphatic carbocycles. The smallest absolute Gasteiger partial charge is 0.194 e. The van der Waals surface area contributed by atoms with E-state index < -0.39 is 9.84 Å². The fourth-order valence-electron chi connectivity index (χ4n) is 5.45. The molecule has 0 aromatic rings. The summed E-state index contributed by atoms with van der Waals surface area (Å²) in [6.45, 7) is 3.44. The van der Waals surface area contributed by atoms with Crippen molar-refractivity contribution in [3.63, 3.8) is 0 Å². The van der Waals surface area contributed by atoms with E-state index in [9.17, 15) is 8.42 Å². The summed E-state index contributed by atoms with van der Waals surface area (Å²) in [5.74, 6) is 4.12. The molecular weight excluding hydrogens is 350 g/mol. The molecule has 4 rings (SSSR count). The number of sulfone groups is 1. The molecule has 5 unspecified atom stereocenters. The maximum Gasteiger partial charge on any atom is 0.194 e. The number of nitrogens with zero attached hydrogens (tertiary/aromatic N) is 2. The van der Waals surface area contributed by atoms with E-state index in [1.807, 2.05) is 0 Å². The van der Waals surface area contributed by atoms with Gasteiger partial charge < -0.3 is 15.0 Å². The highest BCUT2D eigenvalue weighted by Gasteiger charge is 2.40. The van der Waals surface area contributed by atoms with Crippen LogP contribution in [0.5, 0.6) is 0 Å². The minimum atomic E-state index is -2.83. The molecule has 2 bridgehead atoms. The van der Waals surface area contributed by atoms with Gasteiger partial charge in [-0.3, -0.25) is 4.99 Å². The van der Waals surface area contributed by atoms with E-state index in [4.69, 9.17) is 9.73 Å². The summed E-state index contributed by atoms with van der Waals surface area (Å²) in [6, 6.07) is 0.557. The summed E-state index contributed by atoms with van der Waals surface area (Å²) in [4.78, 5) is 7.30. The molecule has 4 aliphatic rings. The van der Waals surface area contributed by atoms with Crippen LogP contribution in [0.3, 0.4) is 0 Å². The van der Waals surface area contributed by atoms with E-state index in [0.29, 0.717) is 30.0 Å². The zero-order valence-corrected chi connectivity index (χ0v) is 16.7. The zero-order chi connectivity index (χ0) is 18.1. The highest BCUT2D eigenvalue weighted by Crippen LogP contribution is 2.44. The summed E-state index contributed by atoms with van der Waals surface area (Å²) >= 11 is 0. The number of hydrogen-bond donors (Lipinski definition) is 1. The van der Waals surface area contributed by atoms with Crippen molar-refractivity contribution in [1.82, 2.24) is 10.2 Å². The van der Waals surface area contributed by atoms with Gasteiger partial charge in [0.25, 0.3) is 0 Å². The maximum atomic E-state index is 11.7. The average Bonchev–Trinajstić information content (AvgIpc) is 3.36. The monoisotopic (exact) mass is 383 g/mol. The summed E-state index contributed by atoms with van der Waals surface area (Å²) in [5, 5.41) is 3.78. The second-order valence-corrected chi connectivity index (χ2v) is 11.1. The Balaban J connectivity index is 1.41. The van der Waals surface area contributed by atoms with Gasteiger partial charge in [-0.2, -0.15) is 0 Å². The highest BCUT2D eigenvalue weighted by atomic mass is 32.2. The SMILES string of the molecule is COCC1CCN(C(=NCC2CCS(=O)(=O)C2)NC2CC3CCC2C3)C1. The first-order valence-corrected chi connectivity index (χ1v) is 12.1. The molecule has 2 aliphatic heterocycles. The number of aliphatic imine (C=N–C) groups is 1. The first-order chi connectivity index (χ1) is 12.5. The van der Waals surface area contributed by atoms with Gasteiger partial charge in [-0.05, 0) is 49.9 Å². The molecule has 2 heterocycles. The summed E-state index contributed by atoms with van der Waals surface area (Å²) in [7, 11) is -1.06. The van der Waals surface area contributed by atoms with Gasteiger partial charge in [0.15, 0.2) is 15.8 Å². The quantitative estimate of drug-likeness (QED) is 0.576. The van der Waals surface area contributed by atoms with Gasteiger partial charge >= 0.3 is 0 Å². The topological polar surface area (TPSA) is 71.0 Å². The summed E-state index contributed by atoms with van der Waals surface area (Å²) in [6.07, 6.45) is 7.30. The van der Waals surface area contributed by atoms with Crippen LogP contribution in [-0.2, 0) is 14.6 Å². The Morgan fingerprint density at radius 3 is 2.73 bits per heavy atom. The van der Waals surface area contributed by atoms with Crippen molar-refractivity contribution in [2.75, 3.05) is 44.9 Å². The Morgan fingerprint density at radius 2 is 2.08 bits per heavy atom. The largest absolute Gasteiger partial charge is 0.384 e. The first-order valence-electron chi connectivity index (χ1n) is 10.3. The van der Waals surface area contributed by atoms with Crippen molar-refractivity contribution in [2.45, 2.75) is 44.6 Å². The molecule has 1 N–H and O–H groups in total. The Labute approximate surface area is 157 Å². The molecule has 7 heteroatoms. The van der Waals surface area contributed by atoms with Crippen LogP contribution >= 0.6 is 0 Å². The van der Waals surface area contributed by atoms with Crippen molar-refractivity contribution < 1.29 is 13.2 Å². The minimum Gasteiger partial charge on any atom is -0.384 e. The molecule has 148 valence electrons. The molecule has 2 saturated heterocycles. The van der Waals surface area contributed by atoms with Crippen LogP contribution in [0.1, 0.15) is 38.5 Å². The van der Waals surface area contributed by atoms with Crippen molar-refractivity contribution in [1.29, 1.82) is 0 Å². The van der Waals surface area contributed by atoms with Crippen molar-refractivity contribution in [3.05, 3.63) is 0 Å². The molecular formula is C19H33N3O3S. The van der Waals surface area contributed by atoms with E-state index in [1.165, 1.54) is 25.7 Å². The molecule has 0 aromatic carbocycles. The number of nitrogens with one attached hydrogen (secondary N) is 1. The Kier molecular flexibility index (Phi) is 5.46. The van der Waals surface area contributed by atoms with Crippen LogP contribution in [0.25, 0.3) is 0 Å². The average molecular weight is 384 g/mol. The second kappa shape index (κ2) is 7.66. The lowest BCUT2D eigenvalue weighted by Crippen LogP contribution is -2.47. The van der Waals surface area contributed by atoms with Gasteiger partial charge in [0, 0.05) is 38.7 Å². The number of ether oxygens (including phenoxy) is 1. The van der Waals surface area contributed by atoms with E-state index in [-0.39, 0.29) is 5.92 Å². The number of likely N-dealkylation sites (tertiary alicyclic amines) is 1. The third-order valence-corrected chi connectivity index (χ3v) is 8.70. The predicted molar refractivity (Wildman–Crippen MR) is 103 cm³/mol. The Hall–Kier alpha value is -0.820. The third-order valence-electron chi connectivity index (χ3n) is 6.87. The second-order valence-electron chi connectivity index (χ2n) is 8.92. The van der Waals surface area contributed by atoms with E-state index in [1.54, 1.807) is 7.11 Å². The number of rotatable bonds is 5. The van der Waals surface area contributed by atoms with Crippen LogP contribution < -0.4 is 5.32 Å². The van der Waals surface area contributed by atoms with Crippen molar-refractivity contribution in [2.24, 2.45) is 28.7 Å². The lowest BCUT2D eigenvalue weighted by atomic mass is 9.95. The van der Waals surface area contributed by atoms with Gasteiger partial charge in [0.1, 0.15) is 0 Å². The highest BCUT2D eigenvalue weighted by molar-refractivity contribution is 7.91. The van der Waals surface area contributed by atoms with Gasteiger partial charge in [-0.1, -0.05) is 6.42 Å². The van der Waals surface area contributed by atoms with E-state index in [2.05, 4.69) is 10.2 Å². The number of hydrogen-bond acceptors (Lipinski definition) is 4. The molecule has 0 amide bonds. The van der Waals surface area contributed by atoms with Gasteiger partial charge in [0.05, 0.1) is 18.1 Å². The van der Waals surface area contributed by atoms with Crippen LogP contribution in [0.4, 0.5) is 0 Å². The zero-order valence-electron chi connectivity index (χ0n) is 15.9. The van der Waals surface area contributed by atoms with Crippen molar-refractivity contribution in [3.8, 4) is 0 Å². The molecule has 4 fully saturated rings. The lowest BCUT2D eigenvalue weighted by Gasteiger charge is -2.29. The minimum absolute atomic E-state index is 0.189. The molecule has 5 atom stereocenters. The van der Waals surface area contributed by atoms with Gasteiger partial charge in [-0.15, -0.1) is 0 Å². The molecule has 0 aromatic heterocycles. The molecule has 0 radical (unpaired) electrons. The van der Waals surface area contributed by atoms with E-state index in [0.717, 1.165) is 50.3 Å². The molecule has 6 nitrogen and oxygen atoms in total. The van der Waals surface area contributed by atoms with Gasteiger partial charge in [-0.25, -0.2) is 8.42 Å². The molecule has 0 spiro atoms. The number of guanidine groups is 1. The van der Waals surface area contributed by atoms with Crippen LogP contribution in [0.15, 0.2) is 4.99 Å². The molecule has 2 saturated carbocycles. The summed E-state index contributed by atoms with van der Waals surface area (Å²) in [5.41, 5.74) is 0. The normalized spacial score (nSPS) is 39.0. The molecule has 26 heavy (non-hydrogen) atoms.